The number of hydrogen-bond acceptors (Lipinski definition) is 5. The van der Waals surface area contributed by atoms with Gasteiger partial charge in [0.05, 0.1) is 18.9 Å². The predicted octanol–water partition coefficient (Wildman–Crippen LogP) is 2.49. The number of ether oxygens (including phenoxy) is 1. The number of nitrogens with one attached hydrogen (secondary N) is 1. The van der Waals surface area contributed by atoms with Gasteiger partial charge in [0.1, 0.15) is 11.4 Å². The molecule has 0 atom stereocenters. The molecule has 148 valence electrons. The van der Waals surface area contributed by atoms with E-state index in [1.54, 1.807) is 6.07 Å². The van der Waals surface area contributed by atoms with Crippen molar-refractivity contribution in [3.05, 3.63) is 65.5 Å². The van der Waals surface area contributed by atoms with Crippen LogP contribution in [0.2, 0.25) is 0 Å². The second-order valence-electron chi connectivity index (χ2n) is 6.60. The Morgan fingerprint density at radius 1 is 1.03 bits per heavy atom. The quantitative estimate of drug-likeness (QED) is 0.478. The molecule has 1 N–H and O–H groups in total. The molecule has 0 aromatic heterocycles. The molecule has 2 aliphatic rings. The van der Waals surface area contributed by atoms with Crippen molar-refractivity contribution < 1.29 is 18.7 Å². The number of amides is 2. The van der Waals surface area contributed by atoms with Gasteiger partial charge in [-0.2, -0.15) is 0 Å². The summed E-state index contributed by atoms with van der Waals surface area (Å²) in [6.45, 7) is 3.01. The van der Waals surface area contributed by atoms with E-state index in [-0.39, 0.29) is 16.4 Å². The molecule has 2 heterocycles. The third kappa shape index (κ3) is 3.90. The number of hydrogen-bond donors (Lipinski definition) is 1. The molecule has 4 rings (SSSR count). The summed E-state index contributed by atoms with van der Waals surface area (Å²) in [4.78, 5) is 28.5. The lowest BCUT2D eigenvalue weighted by atomic mass is 10.1. The van der Waals surface area contributed by atoms with E-state index >= 15 is 0 Å². The average Bonchev–Trinajstić information content (AvgIpc) is 2.73. The Kier molecular flexibility index (Phi) is 5.37. The smallest absolute Gasteiger partial charge is 0.270 e. The van der Waals surface area contributed by atoms with Crippen LogP contribution >= 0.6 is 12.2 Å². The van der Waals surface area contributed by atoms with Gasteiger partial charge in [0, 0.05) is 18.8 Å². The lowest BCUT2D eigenvalue weighted by molar-refractivity contribution is -0.122. The van der Waals surface area contributed by atoms with Gasteiger partial charge in [-0.05, 0) is 48.1 Å². The minimum Gasteiger partial charge on any atom is -0.378 e. The minimum atomic E-state index is -0.666. The van der Waals surface area contributed by atoms with Gasteiger partial charge < -0.3 is 9.64 Å². The second-order valence-corrected chi connectivity index (χ2v) is 6.99. The third-order valence-electron chi connectivity index (χ3n) is 4.78. The zero-order chi connectivity index (χ0) is 20.4. The highest BCUT2D eigenvalue weighted by atomic mass is 32.1. The Balaban J connectivity index is 1.62. The number of benzene rings is 2. The third-order valence-corrected chi connectivity index (χ3v) is 5.06. The van der Waals surface area contributed by atoms with Gasteiger partial charge in [0.25, 0.3) is 11.8 Å². The molecular weight excluding hydrogens is 393 g/mol. The molecule has 0 radical (unpaired) electrons. The van der Waals surface area contributed by atoms with Gasteiger partial charge in [-0.3, -0.25) is 14.9 Å². The van der Waals surface area contributed by atoms with Crippen molar-refractivity contribution in [2.24, 2.45) is 0 Å². The maximum atomic E-state index is 14.2. The zero-order valence-corrected chi connectivity index (χ0v) is 16.2. The van der Waals surface area contributed by atoms with Crippen LogP contribution < -0.4 is 15.1 Å². The van der Waals surface area contributed by atoms with Crippen LogP contribution in [0.15, 0.2) is 54.1 Å². The number of anilines is 2. The molecular formula is C21H18FN3O3S. The standard InChI is InChI=1S/C21H18FN3O3S/c22-17-3-1-2-4-18(17)25-20(27)16(19(26)23-21(25)29)13-14-5-7-15(8-6-14)24-9-11-28-12-10-24/h1-8,13H,9-12H2,(H,23,26,29)/b16-13+. The summed E-state index contributed by atoms with van der Waals surface area (Å²) < 4.78 is 19.6. The maximum absolute atomic E-state index is 14.2. The van der Waals surface area contributed by atoms with E-state index < -0.39 is 17.6 Å². The fourth-order valence-corrected chi connectivity index (χ4v) is 3.55. The largest absolute Gasteiger partial charge is 0.378 e. The molecule has 2 aliphatic heterocycles. The summed E-state index contributed by atoms with van der Waals surface area (Å²) in [5.41, 5.74) is 1.61. The Morgan fingerprint density at radius 3 is 2.41 bits per heavy atom. The van der Waals surface area contributed by atoms with E-state index in [2.05, 4.69) is 10.2 Å². The SMILES string of the molecule is O=C1NC(=S)N(c2ccccc2F)C(=O)/C1=C/c1ccc(N2CCOCC2)cc1. The predicted molar refractivity (Wildman–Crippen MR) is 112 cm³/mol. The van der Waals surface area contributed by atoms with Gasteiger partial charge >= 0.3 is 0 Å². The summed E-state index contributed by atoms with van der Waals surface area (Å²) in [6, 6.07) is 13.3. The fraction of sp³-hybridized carbons (Fsp3) is 0.190. The topological polar surface area (TPSA) is 61.9 Å². The van der Waals surface area contributed by atoms with Crippen LogP contribution in [0.1, 0.15) is 5.56 Å². The first-order valence-electron chi connectivity index (χ1n) is 9.13. The number of para-hydroxylation sites is 1. The fourth-order valence-electron chi connectivity index (χ4n) is 3.28. The van der Waals surface area contributed by atoms with Crippen LogP contribution in [0.5, 0.6) is 0 Å². The zero-order valence-electron chi connectivity index (χ0n) is 15.4. The number of carbonyl (C=O) groups excluding carboxylic acids is 2. The summed E-state index contributed by atoms with van der Waals surface area (Å²) in [5, 5.41) is 2.31. The highest BCUT2D eigenvalue weighted by molar-refractivity contribution is 7.80. The highest BCUT2D eigenvalue weighted by Crippen LogP contribution is 2.25. The molecule has 0 aliphatic carbocycles. The van der Waals surface area contributed by atoms with Gasteiger partial charge in [0.2, 0.25) is 0 Å². The molecule has 29 heavy (non-hydrogen) atoms. The van der Waals surface area contributed by atoms with E-state index in [1.165, 1.54) is 24.3 Å². The number of carbonyl (C=O) groups is 2. The first-order chi connectivity index (χ1) is 14.0. The number of nitrogens with zero attached hydrogens (tertiary/aromatic N) is 2. The minimum absolute atomic E-state index is 0.00364. The van der Waals surface area contributed by atoms with Crippen LogP contribution in [0.3, 0.4) is 0 Å². The van der Waals surface area contributed by atoms with Gasteiger partial charge in [-0.1, -0.05) is 24.3 Å². The number of thiocarbonyl (C=S) groups is 1. The van der Waals surface area contributed by atoms with E-state index in [4.69, 9.17) is 17.0 Å². The molecule has 6 nitrogen and oxygen atoms in total. The van der Waals surface area contributed by atoms with Crippen LogP contribution in [0.25, 0.3) is 6.08 Å². The molecule has 2 aromatic rings. The molecule has 8 heteroatoms. The maximum Gasteiger partial charge on any atom is 0.270 e. The summed E-state index contributed by atoms with van der Waals surface area (Å²) in [5.74, 6) is -1.88. The summed E-state index contributed by atoms with van der Waals surface area (Å²) >= 11 is 5.09. The molecule has 2 saturated heterocycles. The molecule has 0 bridgehead atoms. The average molecular weight is 411 g/mol. The molecule has 2 amide bonds. The van der Waals surface area contributed by atoms with Crippen molar-refractivity contribution in [2.75, 3.05) is 36.1 Å². The number of morpholine rings is 1. The van der Waals surface area contributed by atoms with Crippen LogP contribution in [0.4, 0.5) is 15.8 Å². The molecule has 2 aromatic carbocycles. The van der Waals surface area contributed by atoms with E-state index in [0.717, 1.165) is 23.7 Å². The van der Waals surface area contributed by atoms with Crippen molar-refractivity contribution >= 4 is 46.6 Å². The Morgan fingerprint density at radius 2 is 1.72 bits per heavy atom. The second kappa shape index (κ2) is 8.10. The van der Waals surface area contributed by atoms with Gasteiger partial charge in [-0.25, -0.2) is 9.29 Å². The van der Waals surface area contributed by atoms with E-state index in [1.807, 2.05) is 24.3 Å². The van der Waals surface area contributed by atoms with E-state index in [0.29, 0.717) is 18.8 Å². The monoisotopic (exact) mass is 411 g/mol. The van der Waals surface area contributed by atoms with Crippen molar-refractivity contribution in [2.45, 2.75) is 0 Å². The first-order valence-corrected chi connectivity index (χ1v) is 9.54. The van der Waals surface area contributed by atoms with Crippen LogP contribution in [-0.2, 0) is 14.3 Å². The first kappa shape index (κ1) is 19.2. The summed E-state index contributed by atoms with van der Waals surface area (Å²) in [6.07, 6.45) is 1.48. The Labute approximate surface area is 172 Å². The number of rotatable bonds is 3. The van der Waals surface area contributed by atoms with Crippen LogP contribution in [0, 0.1) is 5.82 Å². The Bertz CT molecular complexity index is 1000. The van der Waals surface area contributed by atoms with Crippen molar-refractivity contribution in [1.82, 2.24) is 5.32 Å². The molecule has 0 saturated carbocycles. The lowest BCUT2D eigenvalue weighted by Crippen LogP contribution is -2.54. The molecule has 2 fully saturated rings. The number of halogens is 1. The van der Waals surface area contributed by atoms with Crippen molar-refractivity contribution in [3.8, 4) is 0 Å². The molecule has 0 unspecified atom stereocenters. The normalized spacial score (nSPS) is 18.9. The highest BCUT2D eigenvalue weighted by Gasteiger charge is 2.35. The van der Waals surface area contributed by atoms with Crippen LogP contribution in [-0.4, -0.2) is 43.2 Å². The lowest BCUT2D eigenvalue weighted by Gasteiger charge is -2.29. The van der Waals surface area contributed by atoms with Crippen molar-refractivity contribution in [3.63, 3.8) is 0 Å². The van der Waals surface area contributed by atoms with Gasteiger partial charge in [0.15, 0.2) is 5.11 Å². The molecule has 0 spiro atoms. The van der Waals surface area contributed by atoms with E-state index in [9.17, 15) is 14.0 Å². The van der Waals surface area contributed by atoms with Crippen molar-refractivity contribution in [1.29, 1.82) is 0 Å². The summed E-state index contributed by atoms with van der Waals surface area (Å²) in [7, 11) is 0. The Hall–Kier alpha value is -3.10. The van der Waals surface area contributed by atoms with Gasteiger partial charge in [-0.15, -0.1) is 0 Å².